The molecule has 0 radical (unpaired) electrons. The lowest BCUT2D eigenvalue weighted by atomic mass is 10.2. The predicted molar refractivity (Wildman–Crippen MR) is 68.2 cm³/mol. The maximum Gasteiger partial charge on any atom is 0.200 e. The van der Waals surface area contributed by atoms with E-state index in [0.29, 0.717) is 5.84 Å². The standard InChI is InChI=1S/C13H12N4/c14-15-13(11-7-3-1-4-8-11)17-16-12-9-5-2-6-10-12/h1-10,14,16H/b15-14?,17-13+. The molecule has 2 rings (SSSR count). The summed E-state index contributed by atoms with van der Waals surface area (Å²) in [5.74, 6) is 0.356. The molecular weight excluding hydrogens is 212 g/mol. The molecule has 0 bridgehead atoms. The number of hydrogen-bond donors (Lipinski definition) is 2. The summed E-state index contributed by atoms with van der Waals surface area (Å²) < 4.78 is 0. The summed E-state index contributed by atoms with van der Waals surface area (Å²) in [7, 11) is 0. The summed E-state index contributed by atoms with van der Waals surface area (Å²) in [4.78, 5) is 0. The van der Waals surface area contributed by atoms with Crippen LogP contribution in [0.5, 0.6) is 0 Å². The Morgan fingerprint density at radius 3 is 2.06 bits per heavy atom. The Hall–Kier alpha value is -2.49. The van der Waals surface area contributed by atoms with Gasteiger partial charge in [-0.25, -0.2) is 5.53 Å². The van der Waals surface area contributed by atoms with Crippen molar-refractivity contribution in [2.45, 2.75) is 0 Å². The molecule has 0 unspecified atom stereocenters. The number of nitrogens with zero attached hydrogens (tertiary/aromatic N) is 2. The van der Waals surface area contributed by atoms with Crippen LogP contribution in [0.1, 0.15) is 5.56 Å². The lowest BCUT2D eigenvalue weighted by Crippen LogP contribution is -2.00. The minimum atomic E-state index is 0.356. The third-order valence-corrected chi connectivity index (χ3v) is 2.20. The lowest BCUT2D eigenvalue weighted by molar-refractivity contribution is 1.16. The first-order chi connectivity index (χ1) is 8.40. The van der Waals surface area contributed by atoms with E-state index >= 15 is 0 Å². The minimum absolute atomic E-state index is 0.356. The number of amidine groups is 1. The van der Waals surface area contributed by atoms with Crippen LogP contribution in [0, 0.1) is 5.53 Å². The van der Waals surface area contributed by atoms with Gasteiger partial charge in [0, 0.05) is 5.56 Å². The van der Waals surface area contributed by atoms with Crippen molar-refractivity contribution < 1.29 is 0 Å². The molecule has 0 aromatic heterocycles. The quantitative estimate of drug-likeness (QED) is 0.356. The highest BCUT2D eigenvalue weighted by molar-refractivity contribution is 5.99. The predicted octanol–water partition coefficient (Wildman–Crippen LogP) is 3.49. The van der Waals surface area contributed by atoms with Crippen LogP contribution in [0.15, 0.2) is 70.9 Å². The molecule has 0 saturated heterocycles. The van der Waals surface area contributed by atoms with E-state index in [-0.39, 0.29) is 0 Å². The van der Waals surface area contributed by atoms with Gasteiger partial charge >= 0.3 is 0 Å². The molecule has 0 heterocycles. The lowest BCUT2D eigenvalue weighted by Gasteiger charge is -2.01. The minimum Gasteiger partial charge on any atom is -0.276 e. The summed E-state index contributed by atoms with van der Waals surface area (Å²) in [5.41, 5.74) is 11.7. The Labute approximate surface area is 99.5 Å². The number of anilines is 1. The van der Waals surface area contributed by atoms with E-state index in [1.807, 2.05) is 60.7 Å². The molecule has 0 atom stereocenters. The fourth-order valence-electron chi connectivity index (χ4n) is 1.37. The summed E-state index contributed by atoms with van der Waals surface area (Å²) in [6.07, 6.45) is 0. The molecule has 0 aliphatic heterocycles. The number of hydrazone groups is 1. The molecule has 17 heavy (non-hydrogen) atoms. The van der Waals surface area contributed by atoms with Gasteiger partial charge in [0.1, 0.15) is 0 Å². The van der Waals surface area contributed by atoms with E-state index in [2.05, 4.69) is 15.6 Å². The molecule has 0 amide bonds. The fraction of sp³-hybridized carbons (Fsp3) is 0. The fourth-order valence-corrected chi connectivity index (χ4v) is 1.37. The average Bonchev–Trinajstić information content (AvgIpc) is 2.42. The third kappa shape index (κ3) is 2.98. The van der Waals surface area contributed by atoms with Gasteiger partial charge in [0.25, 0.3) is 0 Å². The molecule has 0 aliphatic rings. The van der Waals surface area contributed by atoms with Crippen LogP contribution in [0.4, 0.5) is 5.69 Å². The van der Waals surface area contributed by atoms with Crippen molar-refractivity contribution in [3.05, 3.63) is 66.2 Å². The van der Waals surface area contributed by atoms with Gasteiger partial charge in [-0.3, -0.25) is 5.43 Å². The monoisotopic (exact) mass is 224 g/mol. The van der Waals surface area contributed by atoms with Gasteiger partial charge in [-0.15, -0.1) is 5.11 Å². The number of benzene rings is 2. The van der Waals surface area contributed by atoms with Crippen molar-refractivity contribution in [1.29, 1.82) is 5.53 Å². The number of rotatable bonds is 3. The zero-order valence-corrected chi connectivity index (χ0v) is 9.17. The highest BCUT2D eigenvalue weighted by Crippen LogP contribution is 2.07. The zero-order chi connectivity index (χ0) is 11.9. The highest BCUT2D eigenvalue weighted by atomic mass is 15.3. The summed E-state index contributed by atoms with van der Waals surface area (Å²) in [5, 5.41) is 7.51. The summed E-state index contributed by atoms with van der Waals surface area (Å²) >= 11 is 0. The van der Waals surface area contributed by atoms with E-state index in [0.717, 1.165) is 11.3 Å². The maximum absolute atomic E-state index is 7.12. The van der Waals surface area contributed by atoms with E-state index in [4.69, 9.17) is 5.53 Å². The molecule has 2 aromatic carbocycles. The normalized spacial score (nSPS) is 10.9. The second kappa shape index (κ2) is 5.55. The third-order valence-electron chi connectivity index (χ3n) is 2.20. The molecular formula is C13H12N4. The van der Waals surface area contributed by atoms with E-state index in [1.54, 1.807) is 0 Å². The Balaban J connectivity index is 2.17. The van der Waals surface area contributed by atoms with E-state index in [1.165, 1.54) is 0 Å². The van der Waals surface area contributed by atoms with E-state index in [9.17, 15) is 0 Å². The zero-order valence-electron chi connectivity index (χ0n) is 9.17. The molecule has 0 fully saturated rings. The van der Waals surface area contributed by atoms with Crippen LogP contribution < -0.4 is 5.43 Å². The first-order valence-electron chi connectivity index (χ1n) is 5.22. The largest absolute Gasteiger partial charge is 0.276 e. The molecule has 2 N–H and O–H groups in total. The van der Waals surface area contributed by atoms with Crippen LogP contribution in [0.2, 0.25) is 0 Å². The summed E-state index contributed by atoms with van der Waals surface area (Å²) in [6.45, 7) is 0. The van der Waals surface area contributed by atoms with Gasteiger partial charge in [-0.2, -0.15) is 5.10 Å². The van der Waals surface area contributed by atoms with Crippen LogP contribution in [0.25, 0.3) is 0 Å². The SMILES string of the molecule is N=N/C(=N/Nc1ccccc1)c1ccccc1. The second-order valence-corrected chi connectivity index (χ2v) is 3.39. The highest BCUT2D eigenvalue weighted by Gasteiger charge is 2.00. The Morgan fingerprint density at radius 1 is 0.882 bits per heavy atom. The molecule has 84 valence electrons. The van der Waals surface area contributed by atoms with Crippen LogP contribution in [-0.4, -0.2) is 5.84 Å². The van der Waals surface area contributed by atoms with Crippen LogP contribution >= 0.6 is 0 Å². The van der Waals surface area contributed by atoms with Crippen molar-refractivity contribution in [1.82, 2.24) is 0 Å². The Morgan fingerprint density at radius 2 is 1.47 bits per heavy atom. The molecule has 0 saturated carbocycles. The first kappa shape index (κ1) is 11.0. The van der Waals surface area contributed by atoms with Crippen LogP contribution in [-0.2, 0) is 0 Å². The van der Waals surface area contributed by atoms with Gasteiger partial charge in [0.2, 0.25) is 0 Å². The molecule has 0 aliphatic carbocycles. The molecule has 4 nitrogen and oxygen atoms in total. The van der Waals surface area contributed by atoms with Crippen molar-refractivity contribution in [3.8, 4) is 0 Å². The van der Waals surface area contributed by atoms with Crippen molar-refractivity contribution in [2.24, 2.45) is 10.2 Å². The molecule has 0 spiro atoms. The maximum atomic E-state index is 7.12. The Kier molecular flexibility index (Phi) is 3.60. The number of para-hydroxylation sites is 1. The number of nitrogens with one attached hydrogen (secondary N) is 2. The number of hydrogen-bond acceptors (Lipinski definition) is 3. The van der Waals surface area contributed by atoms with Gasteiger partial charge < -0.3 is 0 Å². The smallest absolute Gasteiger partial charge is 0.200 e. The molecule has 2 aromatic rings. The van der Waals surface area contributed by atoms with E-state index < -0.39 is 0 Å². The van der Waals surface area contributed by atoms with Crippen LogP contribution in [0.3, 0.4) is 0 Å². The Bertz CT molecular complexity index is 505. The van der Waals surface area contributed by atoms with Gasteiger partial charge in [0.15, 0.2) is 5.84 Å². The van der Waals surface area contributed by atoms with Gasteiger partial charge in [-0.05, 0) is 12.1 Å². The van der Waals surface area contributed by atoms with Crippen molar-refractivity contribution in [2.75, 3.05) is 5.43 Å². The van der Waals surface area contributed by atoms with Crippen molar-refractivity contribution in [3.63, 3.8) is 0 Å². The summed E-state index contributed by atoms with van der Waals surface area (Å²) in [6, 6.07) is 19.0. The second-order valence-electron chi connectivity index (χ2n) is 3.39. The van der Waals surface area contributed by atoms with Gasteiger partial charge in [0.05, 0.1) is 5.69 Å². The topological polar surface area (TPSA) is 60.6 Å². The average molecular weight is 224 g/mol. The van der Waals surface area contributed by atoms with Crippen molar-refractivity contribution >= 4 is 11.5 Å². The van der Waals surface area contributed by atoms with Gasteiger partial charge in [-0.1, -0.05) is 48.5 Å². The first-order valence-corrected chi connectivity index (χ1v) is 5.22. The molecule has 4 heteroatoms.